The summed E-state index contributed by atoms with van der Waals surface area (Å²) in [6, 6.07) is 3.68. The SMILES string of the molecule is CC#CCCOc1c(CNCCC)cc(Cl)cc1OC. The highest BCUT2D eigenvalue weighted by Crippen LogP contribution is 2.34. The Morgan fingerprint density at radius 3 is 2.80 bits per heavy atom. The average Bonchev–Trinajstić information content (AvgIpc) is 2.45. The number of hydrogen-bond donors (Lipinski definition) is 1. The van der Waals surface area contributed by atoms with Gasteiger partial charge in [-0.25, -0.2) is 0 Å². The Labute approximate surface area is 126 Å². The maximum atomic E-state index is 6.11. The molecule has 0 radical (unpaired) electrons. The van der Waals surface area contributed by atoms with Gasteiger partial charge in [0.05, 0.1) is 13.7 Å². The quantitative estimate of drug-likeness (QED) is 0.587. The number of benzene rings is 1. The van der Waals surface area contributed by atoms with Crippen molar-refractivity contribution >= 4 is 11.6 Å². The van der Waals surface area contributed by atoms with Crippen molar-refractivity contribution in [3.8, 4) is 23.3 Å². The fourth-order valence-electron chi connectivity index (χ4n) is 1.80. The van der Waals surface area contributed by atoms with E-state index in [1.165, 1.54) is 0 Å². The number of rotatable bonds is 8. The zero-order valence-electron chi connectivity index (χ0n) is 12.4. The first-order valence-corrected chi connectivity index (χ1v) is 7.20. The topological polar surface area (TPSA) is 30.5 Å². The largest absolute Gasteiger partial charge is 0.493 e. The van der Waals surface area contributed by atoms with Gasteiger partial charge in [0.2, 0.25) is 0 Å². The molecule has 1 aromatic carbocycles. The second kappa shape index (κ2) is 9.52. The molecule has 0 fully saturated rings. The van der Waals surface area contributed by atoms with E-state index in [4.69, 9.17) is 21.1 Å². The Morgan fingerprint density at radius 2 is 2.15 bits per heavy atom. The molecule has 0 aliphatic rings. The van der Waals surface area contributed by atoms with E-state index in [1.807, 2.05) is 13.0 Å². The first kappa shape index (κ1) is 16.7. The monoisotopic (exact) mass is 295 g/mol. The van der Waals surface area contributed by atoms with Crippen LogP contribution < -0.4 is 14.8 Å². The van der Waals surface area contributed by atoms with Crippen LogP contribution in [0.4, 0.5) is 0 Å². The van der Waals surface area contributed by atoms with Crippen molar-refractivity contribution in [3.63, 3.8) is 0 Å². The third-order valence-corrected chi connectivity index (χ3v) is 2.93. The summed E-state index contributed by atoms with van der Waals surface area (Å²) >= 11 is 6.11. The summed E-state index contributed by atoms with van der Waals surface area (Å²) in [7, 11) is 1.62. The standard InChI is InChI=1S/C16H22ClNO2/c1-4-6-7-9-20-16-13(12-18-8-5-2)10-14(17)11-15(16)19-3/h10-11,18H,5,7-9,12H2,1-3H3. The van der Waals surface area contributed by atoms with Crippen LogP contribution in [0.5, 0.6) is 11.5 Å². The Hall–Kier alpha value is -1.37. The molecule has 0 aliphatic carbocycles. The fraction of sp³-hybridized carbons (Fsp3) is 0.500. The molecule has 110 valence electrons. The highest BCUT2D eigenvalue weighted by Gasteiger charge is 2.12. The van der Waals surface area contributed by atoms with Crippen LogP contribution in [0.3, 0.4) is 0 Å². The predicted molar refractivity (Wildman–Crippen MR) is 83.6 cm³/mol. The maximum Gasteiger partial charge on any atom is 0.165 e. The average molecular weight is 296 g/mol. The molecule has 0 saturated carbocycles. The van der Waals surface area contributed by atoms with Crippen molar-refractivity contribution in [2.75, 3.05) is 20.3 Å². The summed E-state index contributed by atoms with van der Waals surface area (Å²) in [5, 5.41) is 4.00. The van der Waals surface area contributed by atoms with Gasteiger partial charge in [0, 0.05) is 29.6 Å². The number of nitrogens with one attached hydrogen (secondary N) is 1. The highest BCUT2D eigenvalue weighted by atomic mass is 35.5. The first-order valence-electron chi connectivity index (χ1n) is 6.82. The lowest BCUT2D eigenvalue weighted by Gasteiger charge is -2.15. The minimum absolute atomic E-state index is 0.541. The van der Waals surface area contributed by atoms with Crippen LogP contribution in [0.25, 0.3) is 0 Å². The molecule has 4 heteroatoms. The molecule has 1 aromatic rings. The van der Waals surface area contributed by atoms with E-state index in [0.29, 0.717) is 30.3 Å². The van der Waals surface area contributed by atoms with Gasteiger partial charge in [-0.2, -0.15) is 0 Å². The smallest absolute Gasteiger partial charge is 0.165 e. The summed E-state index contributed by atoms with van der Waals surface area (Å²) in [5.74, 6) is 7.25. The van der Waals surface area contributed by atoms with E-state index >= 15 is 0 Å². The van der Waals surface area contributed by atoms with Gasteiger partial charge in [0.1, 0.15) is 0 Å². The molecule has 0 spiro atoms. The van der Waals surface area contributed by atoms with E-state index in [9.17, 15) is 0 Å². The highest BCUT2D eigenvalue weighted by molar-refractivity contribution is 6.30. The van der Waals surface area contributed by atoms with Gasteiger partial charge in [-0.05, 0) is 26.0 Å². The zero-order valence-corrected chi connectivity index (χ0v) is 13.1. The molecule has 1 rings (SSSR count). The van der Waals surface area contributed by atoms with E-state index < -0.39 is 0 Å². The van der Waals surface area contributed by atoms with Crippen molar-refractivity contribution in [2.24, 2.45) is 0 Å². The summed E-state index contributed by atoms with van der Waals surface area (Å²) in [5.41, 5.74) is 1.01. The molecular weight excluding hydrogens is 274 g/mol. The lowest BCUT2D eigenvalue weighted by Crippen LogP contribution is -2.15. The second-order valence-corrected chi connectivity index (χ2v) is 4.73. The lowest BCUT2D eigenvalue weighted by molar-refractivity contribution is 0.297. The lowest BCUT2D eigenvalue weighted by atomic mass is 10.1. The van der Waals surface area contributed by atoms with Crippen LogP contribution in [0.15, 0.2) is 12.1 Å². The molecule has 0 saturated heterocycles. The van der Waals surface area contributed by atoms with Gasteiger partial charge >= 0.3 is 0 Å². The predicted octanol–water partition coefficient (Wildman–Crippen LogP) is 3.64. The van der Waals surface area contributed by atoms with Crippen molar-refractivity contribution in [2.45, 2.75) is 33.2 Å². The molecule has 1 N–H and O–H groups in total. The molecule has 0 aromatic heterocycles. The van der Waals surface area contributed by atoms with Crippen LogP contribution in [0.2, 0.25) is 5.02 Å². The van der Waals surface area contributed by atoms with Crippen molar-refractivity contribution < 1.29 is 9.47 Å². The van der Waals surface area contributed by atoms with E-state index in [1.54, 1.807) is 13.2 Å². The van der Waals surface area contributed by atoms with Gasteiger partial charge in [0.15, 0.2) is 11.5 Å². The molecule has 20 heavy (non-hydrogen) atoms. The van der Waals surface area contributed by atoms with Crippen LogP contribution in [0.1, 0.15) is 32.3 Å². The first-order chi connectivity index (χ1) is 9.72. The Balaban J connectivity index is 2.86. The summed E-state index contributed by atoms with van der Waals surface area (Å²) in [4.78, 5) is 0. The van der Waals surface area contributed by atoms with E-state index in [-0.39, 0.29) is 0 Å². The second-order valence-electron chi connectivity index (χ2n) is 4.30. The van der Waals surface area contributed by atoms with Crippen LogP contribution in [0, 0.1) is 11.8 Å². The third-order valence-electron chi connectivity index (χ3n) is 2.71. The Morgan fingerprint density at radius 1 is 1.35 bits per heavy atom. The molecule has 0 atom stereocenters. The molecule has 0 amide bonds. The molecule has 0 bridgehead atoms. The summed E-state index contributed by atoms with van der Waals surface area (Å²) in [6.07, 6.45) is 1.78. The normalized spacial score (nSPS) is 9.80. The Bertz CT molecular complexity index is 477. The number of ether oxygens (including phenoxy) is 2. The minimum Gasteiger partial charge on any atom is -0.493 e. The number of methoxy groups -OCH3 is 1. The van der Waals surface area contributed by atoms with Crippen molar-refractivity contribution in [1.29, 1.82) is 0 Å². The van der Waals surface area contributed by atoms with Gasteiger partial charge in [-0.15, -0.1) is 11.8 Å². The number of hydrogen-bond acceptors (Lipinski definition) is 3. The number of halogens is 1. The molecular formula is C16H22ClNO2. The van der Waals surface area contributed by atoms with Crippen LogP contribution in [-0.4, -0.2) is 20.3 Å². The molecule has 0 heterocycles. The van der Waals surface area contributed by atoms with Gasteiger partial charge in [0.25, 0.3) is 0 Å². The van der Waals surface area contributed by atoms with Gasteiger partial charge in [-0.1, -0.05) is 18.5 Å². The van der Waals surface area contributed by atoms with Crippen LogP contribution >= 0.6 is 11.6 Å². The maximum absolute atomic E-state index is 6.11. The molecule has 3 nitrogen and oxygen atoms in total. The summed E-state index contributed by atoms with van der Waals surface area (Å²) < 4.78 is 11.2. The van der Waals surface area contributed by atoms with Crippen molar-refractivity contribution in [1.82, 2.24) is 5.32 Å². The van der Waals surface area contributed by atoms with Crippen molar-refractivity contribution in [3.05, 3.63) is 22.7 Å². The summed E-state index contributed by atoms with van der Waals surface area (Å²) in [6.45, 7) is 6.16. The Kier molecular flexibility index (Phi) is 7.94. The van der Waals surface area contributed by atoms with E-state index in [2.05, 4.69) is 24.1 Å². The van der Waals surface area contributed by atoms with Gasteiger partial charge < -0.3 is 14.8 Å². The van der Waals surface area contributed by atoms with Crippen LogP contribution in [-0.2, 0) is 6.54 Å². The van der Waals surface area contributed by atoms with Gasteiger partial charge in [-0.3, -0.25) is 0 Å². The van der Waals surface area contributed by atoms with E-state index in [0.717, 1.165) is 24.3 Å². The minimum atomic E-state index is 0.541. The third kappa shape index (κ3) is 5.32. The molecule has 0 unspecified atom stereocenters. The fourth-order valence-corrected chi connectivity index (χ4v) is 2.03. The molecule has 0 aliphatic heterocycles. The zero-order chi connectivity index (χ0) is 14.8.